The number of hydrogen-bond acceptors (Lipinski definition) is 5. The molecule has 4 heterocycles. The molecule has 0 radical (unpaired) electrons. The molecule has 3 aromatic rings. The van der Waals surface area contributed by atoms with E-state index in [9.17, 15) is 14.4 Å². The lowest BCUT2D eigenvalue weighted by molar-refractivity contribution is -0.134. The Bertz CT molecular complexity index is 1510. The molecule has 206 valence electrons. The van der Waals surface area contributed by atoms with Crippen molar-refractivity contribution in [3.8, 4) is 0 Å². The highest BCUT2D eigenvalue weighted by molar-refractivity contribution is 6.27. The van der Waals surface area contributed by atoms with Crippen molar-refractivity contribution in [1.82, 2.24) is 20.4 Å². The Balaban J connectivity index is 1.14. The van der Waals surface area contributed by atoms with E-state index in [-0.39, 0.29) is 24.2 Å². The first-order chi connectivity index (χ1) is 19.5. The molecule has 2 aromatic carbocycles. The second-order valence-corrected chi connectivity index (χ2v) is 12.7. The average Bonchev–Trinajstić information content (AvgIpc) is 3.53. The van der Waals surface area contributed by atoms with E-state index in [2.05, 4.69) is 32.5 Å². The quantitative estimate of drug-likeness (QED) is 0.467. The number of H-pyrrole nitrogens is 1. The van der Waals surface area contributed by atoms with Crippen LogP contribution >= 0.6 is 0 Å². The van der Waals surface area contributed by atoms with Crippen molar-refractivity contribution in [2.75, 3.05) is 18.0 Å². The molecule has 2 saturated heterocycles. The van der Waals surface area contributed by atoms with Gasteiger partial charge in [-0.1, -0.05) is 24.6 Å². The van der Waals surface area contributed by atoms with Gasteiger partial charge in [-0.05, 0) is 98.0 Å². The SMILES string of the molecule is O=C1CCC(N2C(=O)c3cccc4c(C(c5cn[nH]c5)C5CCN(C6CCC67CCC7)CC5)ccc2c34)C(=O)N1. The predicted molar refractivity (Wildman–Crippen MR) is 151 cm³/mol. The van der Waals surface area contributed by atoms with E-state index in [4.69, 9.17) is 0 Å². The lowest BCUT2D eigenvalue weighted by atomic mass is 9.52. The second kappa shape index (κ2) is 8.99. The highest BCUT2D eigenvalue weighted by Gasteiger charge is 2.53. The van der Waals surface area contributed by atoms with Gasteiger partial charge in [0.2, 0.25) is 11.8 Å². The molecule has 0 bridgehead atoms. The topological polar surface area (TPSA) is 98.4 Å². The van der Waals surface area contributed by atoms with Gasteiger partial charge in [-0.25, -0.2) is 0 Å². The largest absolute Gasteiger partial charge is 0.300 e. The van der Waals surface area contributed by atoms with Crippen molar-refractivity contribution in [1.29, 1.82) is 0 Å². The minimum Gasteiger partial charge on any atom is -0.300 e. The minimum absolute atomic E-state index is 0.161. The normalized spacial score (nSPS) is 27.1. The number of nitrogens with one attached hydrogen (secondary N) is 2. The number of likely N-dealkylation sites (tertiary alicyclic amines) is 1. The summed E-state index contributed by atoms with van der Waals surface area (Å²) in [6, 6.07) is 10.2. The van der Waals surface area contributed by atoms with Crippen LogP contribution in [0.1, 0.15) is 85.2 Å². The molecule has 8 nitrogen and oxygen atoms in total. The first-order valence-electron chi connectivity index (χ1n) is 15.0. The Morgan fingerprint density at radius 1 is 0.975 bits per heavy atom. The molecule has 2 saturated carbocycles. The van der Waals surface area contributed by atoms with Crippen molar-refractivity contribution in [2.24, 2.45) is 11.3 Å². The number of rotatable bonds is 5. The van der Waals surface area contributed by atoms with Gasteiger partial charge in [0.15, 0.2) is 0 Å². The number of anilines is 1. The Morgan fingerprint density at radius 2 is 1.82 bits per heavy atom. The van der Waals surface area contributed by atoms with Crippen molar-refractivity contribution in [2.45, 2.75) is 75.8 Å². The molecule has 5 aliphatic rings. The van der Waals surface area contributed by atoms with Crippen LogP contribution in [0, 0.1) is 11.3 Å². The van der Waals surface area contributed by atoms with Gasteiger partial charge in [0, 0.05) is 35.5 Å². The second-order valence-electron chi connectivity index (χ2n) is 12.7. The Kier molecular flexibility index (Phi) is 5.46. The van der Waals surface area contributed by atoms with Crippen LogP contribution in [0.2, 0.25) is 0 Å². The van der Waals surface area contributed by atoms with Gasteiger partial charge in [-0.2, -0.15) is 5.10 Å². The Morgan fingerprint density at radius 3 is 2.50 bits per heavy atom. The highest BCUT2D eigenvalue weighted by Crippen LogP contribution is 2.58. The fourth-order valence-electron chi connectivity index (χ4n) is 8.70. The summed E-state index contributed by atoms with van der Waals surface area (Å²) in [5.74, 6) is -0.186. The zero-order chi connectivity index (χ0) is 27.0. The molecule has 2 aliphatic carbocycles. The fourth-order valence-corrected chi connectivity index (χ4v) is 8.70. The maximum absolute atomic E-state index is 13.7. The highest BCUT2D eigenvalue weighted by atomic mass is 16.2. The molecular formula is C32H35N5O3. The number of carbonyl (C=O) groups excluding carboxylic acids is 3. The molecule has 1 aromatic heterocycles. The van der Waals surface area contributed by atoms with Crippen molar-refractivity contribution in [3.63, 3.8) is 0 Å². The maximum atomic E-state index is 13.7. The van der Waals surface area contributed by atoms with Crippen LogP contribution in [-0.4, -0.2) is 58.0 Å². The molecule has 3 aliphatic heterocycles. The van der Waals surface area contributed by atoms with Crippen LogP contribution in [0.15, 0.2) is 42.7 Å². The number of imide groups is 1. The third-order valence-corrected chi connectivity index (χ3v) is 11.0. The monoisotopic (exact) mass is 537 g/mol. The van der Waals surface area contributed by atoms with Gasteiger partial charge in [0.25, 0.3) is 5.91 Å². The van der Waals surface area contributed by atoms with Crippen LogP contribution in [-0.2, 0) is 9.59 Å². The summed E-state index contributed by atoms with van der Waals surface area (Å²) in [7, 11) is 0. The average molecular weight is 538 g/mol. The smallest absolute Gasteiger partial charge is 0.259 e. The number of piperidine rings is 2. The molecule has 8 heteroatoms. The van der Waals surface area contributed by atoms with Crippen LogP contribution < -0.4 is 10.2 Å². The van der Waals surface area contributed by atoms with Gasteiger partial charge >= 0.3 is 0 Å². The van der Waals surface area contributed by atoms with Gasteiger partial charge in [0.1, 0.15) is 6.04 Å². The van der Waals surface area contributed by atoms with E-state index >= 15 is 0 Å². The maximum Gasteiger partial charge on any atom is 0.259 e. The minimum atomic E-state index is -0.675. The number of benzene rings is 2. The number of hydrogen-bond donors (Lipinski definition) is 2. The van der Waals surface area contributed by atoms with E-state index in [0.29, 0.717) is 23.3 Å². The van der Waals surface area contributed by atoms with Crippen LogP contribution in [0.25, 0.3) is 10.8 Å². The molecule has 3 atom stereocenters. The van der Waals surface area contributed by atoms with Gasteiger partial charge < -0.3 is 0 Å². The number of aromatic nitrogens is 2. The summed E-state index contributed by atoms with van der Waals surface area (Å²) in [5, 5.41) is 11.8. The summed E-state index contributed by atoms with van der Waals surface area (Å²) in [6.45, 7) is 2.29. The predicted octanol–water partition coefficient (Wildman–Crippen LogP) is 4.50. The third kappa shape index (κ3) is 3.47. The zero-order valence-corrected chi connectivity index (χ0v) is 22.7. The zero-order valence-electron chi connectivity index (χ0n) is 22.7. The van der Waals surface area contributed by atoms with E-state index in [1.165, 1.54) is 43.2 Å². The molecule has 1 spiro atoms. The lowest BCUT2D eigenvalue weighted by Gasteiger charge is -2.60. The molecule has 4 fully saturated rings. The summed E-state index contributed by atoms with van der Waals surface area (Å²) >= 11 is 0. The molecule has 8 rings (SSSR count). The summed E-state index contributed by atoms with van der Waals surface area (Å²) in [6.07, 6.45) is 13.9. The van der Waals surface area contributed by atoms with Crippen LogP contribution in [0.3, 0.4) is 0 Å². The van der Waals surface area contributed by atoms with Gasteiger partial charge in [-0.15, -0.1) is 0 Å². The fraction of sp³-hybridized carbons (Fsp3) is 0.500. The number of aromatic amines is 1. The van der Waals surface area contributed by atoms with E-state index in [0.717, 1.165) is 48.4 Å². The van der Waals surface area contributed by atoms with Crippen LogP contribution in [0.4, 0.5) is 5.69 Å². The molecule has 3 amide bonds. The Hall–Kier alpha value is -3.52. The summed E-state index contributed by atoms with van der Waals surface area (Å²) in [5.41, 5.74) is 4.44. The Labute approximate surface area is 233 Å². The lowest BCUT2D eigenvalue weighted by Crippen LogP contribution is -2.60. The summed E-state index contributed by atoms with van der Waals surface area (Å²) in [4.78, 5) is 42.6. The molecule has 40 heavy (non-hydrogen) atoms. The third-order valence-electron chi connectivity index (χ3n) is 11.0. The first-order valence-corrected chi connectivity index (χ1v) is 15.0. The van der Waals surface area contributed by atoms with E-state index in [1.807, 2.05) is 30.6 Å². The van der Waals surface area contributed by atoms with Gasteiger partial charge in [-0.3, -0.25) is 34.6 Å². The molecule has 2 N–H and O–H groups in total. The van der Waals surface area contributed by atoms with Crippen molar-refractivity contribution >= 4 is 34.2 Å². The van der Waals surface area contributed by atoms with Crippen molar-refractivity contribution < 1.29 is 14.4 Å². The number of nitrogens with zero attached hydrogens (tertiary/aromatic N) is 3. The molecular weight excluding hydrogens is 502 g/mol. The standard InChI is InChI=1S/C32H35N5O3/c38-27-8-7-25(30(39)35-27)37-24-6-5-22(21-3-1-4-23(29(21)24)31(37)40)28(20-17-33-34-18-20)19-10-15-36(16-11-19)26-9-14-32(26)12-2-13-32/h1,3-6,17-19,25-26,28H,2,7-16H2,(H,33,34)(H,35,38,39). The number of amides is 3. The van der Waals surface area contributed by atoms with Crippen molar-refractivity contribution in [3.05, 3.63) is 59.4 Å². The number of carbonyl (C=O) groups is 3. The van der Waals surface area contributed by atoms with E-state index < -0.39 is 11.9 Å². The van der Waals surface area contributed by atoms with Gasteiger partial charge in [0.05, 0.1) is 11.9 Å². The molecule has 3 unspecified atom stereocenters. The first kappa shape index (κ1) is 24.3. The van der Waals surface area contributed by atoms with E-state index in [1.54, 1.807) is 4.90 Å². The van der Waals surface area contributed by atoms with Crippen LogP contribution in [0.5, 0.6) is 0 Å². The summed E-state index contributed by atoms with van der Waals surface area (Å²) < 4.78 is 0.